The third-order valence-corrected chi connectivity index (χ3v) is 10.8. The van der Waals surface area contributed by atoms with Gasteiger partial charge in [-0.2, -0.15) is 0 Å². The molecule has 0 bridgehead atoms. The zero-order chi connectivity index (χ0) is 34.1. The van der Waals surface area contributed by atoms with Crippen molar-refractivity contribution in [2.75, 3.05) is 4.90 Å². The summed E-state index contributed by atoms with van der Waals surface area (Å²) in [5.74, 6) is 0. The van der Waals surface area contributed by atoms with Gasteiger partial charge in [0.25, 0.3) is 0 Å². The molecule has 0 unspecified atom stereocenters. The van der Waals surface area contributed by atoms with E-state index in [2.05, 4.69) is 195 Å². The predicted molar refractivity (Wildman–Crippen MR) is 214 cm³/mol. The molecule has 0 fully saturated rings. The van der Waals surface area contributed by atoms with Crippen molar-refractivity contribution >= 4 is 49.8 Å². The number of hydrogen-bond acceptors (Lipinski definition) is 2. The van der Waals surface area contributed by atoms with Crippen LogP contribution in [0.4, 0.5) is 17.1 Å². The Morgan fingerprint density at radius 1 is 0.431 bits per heavy atom. The highest BCUT2D eigenvalue weighted by atomic mass is 16.3. The number of nitrogens with zero attached hydrogens (tertiary/aromatic N) is 1. The summed E-state index contributed by atoms with van der Waals surface area (Å²) in [4.78, 5) is 2.50. The Kier molecular flexibility index (Phi) is 6.56. The first kappa shape index (κ1) is 29.5. The van der Waals surface area contributed by atoms with Gasteiger partial charge in [-0.1, -0.05) is 159 Å². The van der Waals surface area contributed by atoms with Gasteiger partial charge in [-0.3, -0.25) is 0 Å². The fourth-order valence-electron chi connectivity index (χ4n) is 8.52. The standard InChI is InChI=1S/C49H35NO/c1-49(2)42-26-11-8-21-36(42)38-23-15-29-45(47(38)49)50(43-27-12-9-20-35(43)32-16-4-3-5-17-32)44-28-13-10-22-37(44)39-24-14-25-40-41-30-33-18-6-7-19-34(33)31-46(41)51-48(39)40/h3-31H,1-2H3. The number of benzene rings is 8. The molecule has 51 heavy (non-hydrogen) atoms. The molecule has 0 amide bonds. The molecule has 1 heterocycles. The molecule has 2 heteroatoms. The lowest BCUT2D eigenvalue weighted by molar-refractivity contribution is 0.661. The van der Waals surface area contributed by atoms with Crippen LogP contribution in [0.3, 0.4) is 0 Å². The van der Waals surface area contributed by atoms with Crippen LogP contribution in [0.1, 0.15) is 25.0 Å². The summed E-state index contributed by atoms with van der Waals surface area (Å²) in [6.07, 6.45) is 0. The number of anilines is 3. The van der Waals surface area contributed by atoms with Gasteiger partial charge in [0.2, 0.25) is 0 Å². The van der Waals surface area contributed by atoms with Crippen LogP contribution < -0.4 is 4.90 Å². The maximum atomic E-state index is 6.82. The summed E-state index contributed by atoms with van der Waals surface area (Å²) in [6, 6.07) is 63.6. The van der Waals surface area contributed by atoms with Crippen molar-refractivity contribution in [3.63, 3.8) is 0 Å². The van der Waals surface area contributed by atoms with Gasteiger partial charge in [0.05, 0.1) is 17.1 Å². The van der Waals surface area contributed by atoms with Crippen molar-refractivity contribution in [2.45, 2.75) is 19.3 Å². The third kappa shape index (κ3) is 4.50. The molecule has 10 rings (SSSR count). The topological polar surface area (TPSA) is 16.4 Å². The van der Waals surface area contributed by atoms with Gasteiger partial charge in [0.15, 0.2) is 0 Å². The van der Waals surface area contributed by atoms with E-state index in [0.29, 0.717) is 0 Å². The number of para-hydroxylation sites is 3. The van der Waals surface area contributed by atoms with Gasteiger partial charge < -0.3 is 9.32 Å². The molecule has 0 radical (unpaired) electrons. The van der Waals surface area contributed by atoms with Gasteiger partial charge in [0.1, 0.15) is 11.2 Å². The number of fused-ring (bicyclic) bond motifs is 7. The summed E-state index contributed by atoms with van der Waals surface area (Å²) in [6.45, 7) is 4.74. The van der Waals surface area contributed by atoms with E-state index < -0.39 is 0 Å². The lowest BCUT2D eigenvalue weighted by Gasteiger charge is -2.34. The zero-order valence-corrected chi connectivity index (χ0v) is 28.6. The Bertz CT molecular complexity index is 2790. The van der Waals surface area contributed by atoms with E-state index in [-0.39, 0.29) is 5.41 Å². The summed E-state index contributed by atoms with van der Waals surface area (Å²) in [5.41, 5.74) is 14.8. The molecule has 0 saturated heterocycles. The van der Waals surface area contributed by atoms with E-state index in [1.165, 1.54) is 49.8 Å². The van der Waals surface area contributed by atoms with Crippen LogP contribution in [0, 0.1) is 0 Å². The smallest absolute Gasteiger partial charge is 0.143 e. The normalized spacial score (nSPS) is 13.1. The number of rotatable bonds is 5. The second kappa shape index (κ2) is 11.3. The molecule has 0 N–H and O–H groups in total. The minimum atomic E-state index is -0.210. The fourth-order valence-corrected chi connectivity index (χ4v) is 8.52. The van der Waals surface area contributed by atoms with Crippen molar-refractivity contribution < 1.29 is 4.42 Å². The van der Waals surface area contributed by atoms with Gasteiger partial charge in [0, 0.05) is 32.9 Å². The van der Waals surface area contributed by atoms with Crippen LogP contribution >= 0.6 is 0 Å². The number of hydrogen-bond donors (Lipinski definition) is 0. The number of furan rings is 1. The van der Waals surface area contributed by atoms with E-state index in [1.54, 1.807) is 0 Å². The second-order valence-electron chi connectivity index (χ2n) is 14.1. The molecule has 1 aliphatic rings. The molecular weight excluding hydrogens is 619 g/mol. The molecular formula is C49H35NO. The summed E-state index contributed by atoms with van der Waals surface area (Å²) >= 11 is 0. The van der Waals surface area contributed by atoms with Gasteiger partial charge >= 0.3 is 0 Å². The highest BCUT2D eigenvalue weighted by Gasteiger charge is 2.39. The molecule has 2 nitrogen and oxygen atoms in total. The monoisotopic (exact) mass is 653 g/mol. The Labute approximate surface area is 297 Å². The first-order chi connectivity index (χ1) is 25.1. The molecule has 8 aromatic carbocycles. The highest BCUT2D eigenvalue weighted by molar-refractivity contribution is 6.14. The highest BCUT2D eigenvalue weighted by Crippen LogP contribution is 2.56. The SMILES string of the molecule is CC1(C)c2ccccc2-c2cccc(N(c3ccccc3-c3ccccc3)c3ccccc3-c3cccc4c3oc3cc5ccccc5cc34)c21. The van der Waals surface area contributed by atoms with Crippen LogP contribution in [0.25, 0.3) is 66.1 Å². The van der Waals surface area contributed by atoms with E-state index in [1.807, 2.05) is 0 Å². The van der Waals surface area contributed by atoms with Crippen molar-refractivity contribution in [3.8, 4) is 33.4 Å². The Morgan fingerprint density at radius 2 is 1.00 bits per heavy atom. The van der Waals surface area contributed by atoms with Crippen molar-refractivity contribution in [2.24, 2.45) is 0 Å². The predicted octanol–water partition coefficient (Wildman–Crippen LogP) is 13.8. The van der Waals surface area contributed by atoms with Gasteiger partial charge in [-0.05, 0) is 68.9 Å². The summed E-state index contributed by atoms with van der Waals surface area (Å²) in [7, 11) is 0. The lowest BCUT2D eigenvalue weighted by atomic mass is 9.81. The lowest BCUT2D eigenvalue weighted by Crippen LogP contribution is -2.21. The van der Waals surface area contributed by atoms with Crippen molar-refractivity contribution in [1.82, 2.24) is 0 Å². The van der Waals surface area contributed by atoms with Crippen LogP contribution in [-0.4, -0.2) is 0 Å². The van der Waals surface area contributed by atoms with E-state index in [0.717, 1.165) is 44.4 Å². The van der Waals surface area contributed by atoms with Crippen LogP contribution in [0.2, 0.25) is 0 Å². The quantitative estimate of drug-likeness (QED) is 0.184. The van der Waals surface area contributed by atoms with Gasteiger partial charge in [-0.25, -0.2) is 0 Å². The van der Waals surface area contributed by atoms with Gasteiger partial charge in [-0.15, -0.1) is 0 Å². The Hall–Kier alpha value is -6.38. The third-order valence-electron chi connectivity index (χ3n) is 10.8. The molecule has 1 aromatic heterocycles. The Balaban J connectivity index is 1.27. The molecule has 0 spiro atoms. The maximum absolute atomic E-state index is 6.82. The maximum Gasteiger partial charge on any atom is 0.143 e. The average Bonchev–Trinajstić information content (AvgIpc) is 3.66. The van der Waals surface area contributed by atoms with E-state index in [9.17, 15) is 0 Å². The average molecular weight is 654 g/mol. The molecule has 0 saturated carbocycles. The molecule has 1 aliphatic carbocycles. The summed E-state index contributed by atoms with van der Waals surface area (Å²) < 4.78 is 6.82. The molecule has 0 atom stereocenters. The summed E-state index contributed by atoms with van der Waals surface area (Å²) in [5, 5.41) is 4.64. The Morgan fingerprint density at radius 3 is 1.80 bits per heavy atom. The first-order valence-corrected chi connectivity index (χ1v) is 17.7. The van der Waals surface area contributed by atoms with Crippen LogP contribution in [0.5, 0.6) is 0 Å². The molecule has 0 aliphatic heterocycles. The minimum Gasteiger partial charge on any atom is -0.455 e. The first-order valence-electron chi connectivity index (χ1n) is 17.7. The van der Waals surface area contributed by atoms with Crippen LogP contribution in [0.15, 0.2) is 180 Å². The van der Waals surface area contributed by atoms with Crippen molar-refractivity contribution in [3.05, 3.63) is 187 Å². The van der Waals surface area contributed by atoms with E-state index in [4.69, 9.17) is 4.42 Å². The molecule has 9 aromatic rings. The van der Waals surface area contributed by atoms with Crippen LogP contribution in [-0.2, 0) is 5.41 Å². The largest absolute Gasteiger partial charge is 0.455 e. The fraction of sp³-hybridized carbons (Fsp3) is 0.0612. The molecule has 242 valence electrons. The van der Waals surface area contributed by atoms with E-state index >= 15 is 0 Å². The second-order valence-corrected chi connectivity index (χ2v) is 14.1. The zero-order valence-electron chi connectivity index (χ0n) is 28.6. The van der Waals surface area contributed by atoms with Crippen molar-refractivity contribution in [1.29, 1.82) is 0 Å². The minimum absolute atomic E-state index is 0.210.